The molecule has 0 radical (unpaired) electrons. The van der Waals surface area contributed by atoms with Crippen LogP contribution in [0.2, 0.25) is 5.02 Å². The molecule has 82 valence electrons. The largest absolute Gasteiger partial charge is 0.294 e. The first-order valence-corrected chi connectivity index (χ1v) is 5.40. The predicted octanol–water partition coefficient (Wildman–Crippen LogP) is 4.10. The molecule has 1 rings (SSSR count). The summed E-state index contributed by atoms with van der Waals surface area (Å²) in [4.78, 5) is 11.7. The van der Waals surface area contributed by atoms with Crippen LogP contribution in [0.5, 0.6) is 0 Å². The van der Waals surface area contributed by atoms with Gasteiger partial charge in [0, 0.05) is 12.0 Å². The number of benzene rings is 1. The highest BCUT2D eigenvalue weighted by molar-refractivity contribution is 6.33. The van der Waals surface area contributed by atoms with E-state index >= 15 is 0 Å². The van der Waals surface area contributed by atoms with Gasteiger partial charge >= 0.3 is 0 Å². The fourth-order valence-electron chi connectivity index (χ4n) is 1.28. The number of carbonyl (C=O) groups is 1. The van der Waals surface area contributed by atoms with Crippen LogP contribution in [-0.2, 0) is 0 Å². The SMILES string of the molecule is CCC(C)CC(=O)c1cc(F)ccc1Cl. The zero-order valence-electron chi connectivity index (χ0n) is 8.89. The average Bonchev–Trinajstić information content (AvgIpc) is 2.21. The van der Waals surface area contributed by atoms with E-state index in [4.69, 9.17) is 11.6 Å². The van der Waals surface area contributed by atoms with Crippen molar-refractivity contribution in [1.82, 2.24) is 0 Å². The van der Waals surface area contributed by atoms with Crippen LogP contribution < -0.4 is 0 Å². The number of carbonyl (C=O) groups excluding carboxylic acids is 1. The summed E-state index contributed by atoms with van der Waals surface area (Å²) in [6.45, 7) is 4.01. The second-order valence-electron chi connectivity index (χ2n) is 3.76. The van der Waals surface area contributed by atoms with Crippen LogP contribution in [0.4, 0.5) is 4.39 Å². The standard InChI is InChI=1S/C12H14ClFO/c1-3-8(2)6-12(15)10-7-9(14)4-5-11(10)13/h4-5,7-8H,3,6H2,1-2H3. The molecule has 0 aromatic heterocycles. The van der Waals surface area contributed by atoms with Gasteiger partial charge in [0.25, 0.3) is 0 Å². The lowest BCUT2D eigenvalue weighted by molar-refractivity contribution is 0.0963. The maximum absolute atomic E-state index is 12.9. The van der Waals surface area contributed by atoms with Crippen molar-refractivity contribution in [1.29, 1.82) is 0 Å². The van der Waals surface area contributed by atoms with Crippen molar-refractivity contribution in [3.8, 4) is 0 Å². The molecule has 15 heavy (non-hydrogen) atoms. The van der Waals surface area contributed by atoms with Crippen LogP contribution in [0.3, 0.4) is 0 Å². The third-order valence-electron chi connectivity index (χ3n) is 2.46. The Bertz CT molecular complexity index is 363. The van der Waals surface area contributed by atoms with Gasteiger partial charge in [-0.25, -0.2) is 4.39 Å². The number of rotatable bonds is 4. The van der Waals surface area contributed by atoms with E-state index in [9.17, 15) is 9.18 Å². The van der Waals surface area contributed by atoms with E-state index in [2.05, 4.69) is 0 Å². The Hall–Kier alpha value is -0.890. The Morgan fingerprint density at radius 3 is 2.80 bits per heavy atom. The molecule has 0 bridgehead atoms. The molecule has 1 aromatic carbocycles. The molecule has 1 nitrogen and oxygen atoms in total. The number of ketones is 1. The quantitative estimate of drug-likeness (QED) is 0.710. The maximum atomic E-state index is 12.9. The summed E-state index contributed by atoms with van der Waals surface area (Å²) < 4.78 is 12.9. The molecule has 1 atom stereocenters. The molecular formula is C12H14ClFO. The van der Waals surface area contributed by atoms with Crippen molar-refractivity contribution >= 4 is 17.4 Å². The molecule has 1 aromatic rings. The number of hydrogen-bond donors (Lipinski definition) is 0. The zero-order chi connectivity index (χ0) is 11.4. The number of halogens is 2. The first-order valence-electron chi connectivity index (χ1n) is 5.02. The van der Waals surface area contributed by atoms with Gasteiger partial charge in [0.05, 0.1) is 5.02 Å². The van der Waals surface area contributed by atoms with Gasteiger partial charge in [-0.3, -0.25) is 4.79 Å². The molecule has 0 aliphatic rings. The van der Waals surface area contributed by atoms with Crippen molar-refractivity contribution in [2.24, 2.45) is 5.92 Å². The molecule has 0 saturated heterocycles. The van der Waals surface area contributed by atoms with E-state index in [0.717, 1.165) is 6.42 Å². The summed E-state index contributed by atoms with van der Waals surface area (Å²) in [5, 5.41) is 0.324. The summed E-state index contributed by atoms with van der Waals surface area (Å²) in [5.41, 5.74) is 0.289. The summed E-state index contributed by atoms with van der Waals surface area (Å²) >= 11 is 5.83. The molecule has 3 heteroatoms. The molecule has 1 unspecified atom stereocenters. The van der Waals surface area contributed by atoms with E-state index < -0.39 is 5.82 Å². The van der Waals surface area contributed by atoms with E-state index in [-0.39, 0.29) is 11.3 Å². The van der Waals surface area contributed by atoms with Crippen molar-refractivity contribution in [2.45, 2.75) is 26.7 Å². The third-order valence-corrected chi connectivity index (χ3v) is 2.79. The Kier molecular flexibility index (Phi) is 4.28. The van der Waals surface area contributed by atoms with Gasteiger partial charge in [-0.05, 0) is 24.1 Å². The minimum atomic E-state index is -0.424. The van der Waals surface area contributed by atoms with E-state index in [1.807, 2.05) is 13.8 Å². The molecular weight excluding hydrogens is 215 g/mol. The second-order valence-corrected chi connectivity index (χ2v) is 4.17. The van der Waals surface area contributed by atoms with Gasteiger partial charge in [0.1, 0.15) is 5.82 Å². The fourth-order valence-corrected chi connectivity index (χ4v) is 1.50. The molecule has 0 spiro atoms. The topological polar surface area (TPSA) is 17.1 Å². The van der Waals surface area contributed by atoms with Crippen LogP contribution in [-0.4, -0.2) is 5.78 Å². The maximum Gasteiger partial charge on any atom is 0.164 e. The van der Waals surface area contributed by atoms with E-state index in [1.165, 1.54) is 18.2 Å². The van der Waals surface area contributed by atoms with Gasteiger partial charge in [0.2, 0.25) is 0 Å². The van der Waals surface area contributed by atoms with Crippen molar-refractivity contribution in [3.63, 3.8) is 0 Å². The van der Waals surface area contributed by atoms with Crippen LogP contribution in [0, 0.1) is 11.7 Å². The van der Waals surface area contributed by atoms with Gasteiger partial charge in [-0.1, -0.05) is 31.9 Å². The predicted molar refractivity (Wildman–Crippen MR) is 59.8 cm³/mol. The lowest BCUT2D eigenvalue weighted by Gasteiger charge is -2.08. The normalized spacial score (nSPS) is 12.5. The average molecular weight is 229 g/mol. The summed E-state index contributed by atoms with van der Waals surface area (Å²) in [5.74, 6) is -0.211. The Morgan fingerprint density at radius 1 is 1.53 bits per heavy atom. The fraction of sp³-hybridized carbons (Fsp3) is 0.417. The minimum Gasteiger partial charge on any atom is -0.294 e. The monoisotopic (exact) mass is 228 g/mol. The van der Waals surface area contributed by atoms with Crippen LogP contribution >= 0.6 is 11.6 Å². The van der Waals surface area contributed by atoms with Crippen molar-refractivity contribution in [2.75, 3.05) is 0 Å². The van der Waals surface area contributed by atoms with E-state index in [0.29, 0.717) is 17.4 Å². The molecule has 0 amide bonds. The molecule has 0 heterocycles. The highest BCUT2D eigenvalue weighted by Crippen LogP contribution is 2.21. The lowest BCUT2D eigenvalue weighted by Crippen LogP contribution is -2.06. The van der Waals surface area contributed by atoms with Crippen LogP contribution in [0.15, 0.2) is 18.2 Å². The summed E-state index contributed by atoms with van der Waals surface area (Å²) in [7, 11) is 0. The van der Waals surface area contributed by atoms with Crippen molar-refractivity contribution in [3.05, 3.63) is 34.6 Å². The number of hydrogen-bond acceptors (Lipinski definition) is 1. The highest BCUT2D eigenvalue weighted by atomic mass is 35.5. The second kappa shape index (κ2) is 5.26. The summed E-state index contributed by atoms with van der Waals surface area (Å²) in [6.07, 6.45) is 1.35. The molecule has 0 saturated carbocycles. The molecule has 0 fully saturated rings. The Balaban J connectivity index is 2.86. The zero-order valence-corrected chi connectivity index (χ0v) is 9.64. The highest BCUT2D eigenvalue weighted by Gasteiger charge is 2.13. The molecule has 0 N–H and O–H groups in total. The smallest absolute Gasteiger partial charge is 0.164 e. The first kappa shape index (κ1) is 12.2. The summed E-state index contributed by atoms with van der Waals surface area (Å²) in [6, 6.07) is 3.87. The molecule has 0 aliphatic heterocycles. The van der Waals surface area contributed by atoms with Gasteiger partial charge in [0.15, 0.2) is 5.78 Å². The van der Waals surface area contributed by atoms with Gasteiger partial charge in [-0.2, -0.15) is 0 Å². The minimum absolute atomic E-state index is 0.0890. The third kappa shape index (κ3) is 3.31. The van der Waals surface area contributed by atoms with Gasteiger partial charge < -0.3 is 0 Å². The lowest BCUT2D eigenvalue weighted by atomic mass is 9.98. The van der Waals surface area contributed by atoms with Crippen LogP contribution in [0.25, 0.3) is 0 Å². The number of Topliss-reactive ketones (excluding diaryl/α,β-unsaturated/α-hetero) is 1. The van der Waals surface area contributed by atoms with Crippen molar-refractivity contribution < 1.29 is 9.18 Å². The molecule has 0 aliphatic carbocycles. The van der Waals surface area contributed by atoms with Gasteiger partial charge in [-0.15, -0.1) is 0 Å². The van der Waals surface area contributed by atoms with Crippen LogP contribution in [0.1, 0.15) is 37.0 Å². The first-order chi connectivity index (χ1) is 7.04. The van der Waals surface area contributed by atoms with E-state index in [1.54, 1.807) is 0 Å². The Morgan fingerprint density at radius 2 is 2.20 bits per heavy atom. The Labute approximate surface area is 94.3 Å².